The number of hydrogen-bond acceptors (Lipinski definition) is 8. The van der Waals surface area contributed by atoms with Crippen LogP contribution in [0.2, 0.25) is 0 Å². The molecular weight excluding hydrogens is 668 g/mol. The van der Waals surface area contributed by atoms with Crippen LogP contribution in [0.4, 0.5) is 4.79 Å². The van der Waals surface area contributed by atoms with E-state index in [0.29, 0.717) is 38.5 Å². The number of carbonyl (C=O) groups is 7. The van der Waals surface area contributed by atoms with E-state index in [1.807, 2.05) is 31.2 Å². The standard InChI is InChI=1S/C38H58N6O8/c1-10-11-17-26(40-32(47)27-18-14-19-44(27)35(50)31(37(2,3)4)42-36(51)52-38(5,6)7)30(46)33(48)39-22-28(45)41-29(34(49)43(8)9)25-20-23-15-12-13-16-24(23)21-25/h12-13,15-16,25-27,29,31H,10-11,14,17-22H2,1-9H3,(H,39,48)(H,40,47)(H,41,45)(H,42,51)/t26?,27-,29?,31?/m0/s1. The molecule has 14 nitrogen and oxygen atoms in total. The Labute approximate surface area is 307 Å². The maximum Gasteiger partial charge on any atom is 0.408 e. The molecule has 6 amide bonds. The molecule has 0 aromatic heterocycles. The normalized spacial score (nSPS) is 17.6. The van der Waals surface area contributed by atoms with E-state index in [0.717, 1.165) is 11.1 Å². The first-order valence-corrected chi connectivity index (χ1v) is 18.2. The summed E-state index contributed by atoms with van der Waals surface area (Å²) >= 11 is 0. The molecule has 1 aromatic rings. The number of hydrogen-bond donors (Lipinski definition) is 4. The van der Waals surface area contributed by atoms with Gasteiger partial charge in [0.1, 0.15) is 23.7 Å². The Hall–Kier alpha value is -4.49. The molecule has 288 valence electrons. The lowest BCUT2D eigenvalue weighted by molar-refractivity contribution is -0.144. The van der Waals surface area contributed by atoms with Gasteiger partial charge >= 0.3 is 6.09 Å². The van der Waals surface area contributed by atoms with Crippen molar-refractivity contribution in [3.05, 3.63) is 35.4 Å². The number of Topliss-reactive ketones (excluding diaryl/α,β-unsaturated/α-hetero) is 1. The van der Waals surface area contributed by atoms with E-state index in [-0.39, 0.29) is 24.8 Å². The van der Waals surface area contributed by atoms with E-state index in [9.17, 15) is 33.6 Å². The van der Waals surface area contributed by atoms with Crippen LogP contribution < -0.4 is 21.3 Å². The minimum Gasteiger partial charge on any atom is -0.444 e. The van der Waals surface area contributed by atoms with Gasteiger partial charge < -0.3 is 35.8 Å². The lowest BCUT2D eigenvalue weighted by Crippen LogP contribution is -2.59. The zero-order valence-electron chi connectivity index (χ0n) is 32.2. The third-order valence-electron chi connectivity index (χ3n) is 9.30. The van der Waals surface area contributed by atoms with Crippen LogP contribution in [-0.2, 0) is 46.3 Å². The second kappa shape index (κ2) is 17.8. The first kappa shape index (κ1) is 41.9. The van der Waals surface area contributed by atoms with E-state index in [2.05, 4.69) is 21.3 Å². The van der Waals surface area contributed by atoms with E-state index in [1.165, 1.54) is 9.80 Å². The summed E-state index contributed by atoms with van der Waals surface area (Å²) in [5.41, 5.74) is 0.740. The number of likely N-dealkylation sites (N-methyl/N-ethyl adjacent to an activating group) is 1. The Bertz CT molecular complexity index is 1470. The molecule has 2 aliphatic rings. The van der Waals surface area contributed by atoms with Gasteiger partial charge in [-0.2, -0.15) is 0 Å². The lowest BCUT2D eigenvalue weighted by Gasteiger charge is -2.36. The van der Waals surface area contributed by atoms with Gasteiger partial charge in [0.25, 0.3) is 5.91 Å². The van der Waals surface area contributed by atoms with Crippen LogP contribution >= 0.6 is 0 Å². The number of ketones is 1. The number of rotatable bonds is 14. The molecule has 14 heteroatoms. The highest BCUT2D eigenvalue weighted by Crippen LogP contribution is 2.30. The van der Waals surface area contributed by atoms with E-state index >= 15 is 0 Å². The third kappa shape index (κ3) is 11.5. The fraction of sp³-hybridized carbons (Fsp3) is 0.658. The zero-order valence-corrected chi connectivity index (χ0v) is 32.2. The maximum absolute atomic E-state index is 13.8. The molecule has 1 aliphatic heterocycles. The summed E-state index contributed by atoms with van der Waals surface area (Å²) in [5.74, 6) is -4.08. The molecule has 1 heterocycles. The van der Waals surface area contributed by atoms with Crippen molar-refractivity contribution in [1.82, 2.24) is 31.1 Å². The second-order valence-electron chi connectivity index (χ2n) is 16.1. The van der Waals surface area contributed by atoms with Crippen molar-refractivity contribution in [2.75, 3.05) is 27.2 Å². The molecule has 3 unspecified atom stereocenters. The Morgan fingerprint density at radius 2 is 1.54 bits per heavy atom. The Morgan fingerprint density at radius 3 is 2.08 bits per heavy atom. The van der Waals surface area contributed by atoms with Gasteiger partial charge in [-0.1, -0.05) is 64.8 Å². The lowest BCUT2D eigenvalue weighted by atomic mass is 9.85. The van der Waals surface area contributed by atoms with Crippen molar-refractivity contribution in [3.8, 4) is 0 Å². The molecule has 1 aromatic carbocycles. The number of likely N-dealkylation sites (tertiary alicyclic amines) is 1. The maximum atomic E-state index is 13.8. The quantitative estimate of drug-likeness (QED) is 0.211. The highest BCUT2D eigenvalue weighted by atomic mass is 16.6. The minimum atomic E-state index is -1.19. The number of fused-ring (bicyclic) bond motifs is 1. The molecule has 4 N–H and O–H groups in total. The molecule has 1 fully saturated rings. The minimum absolute atomic E-state index is 0.170. The van der Waals surface area contributed by atoms with Crippen LogP contribution in [-0.4, -0.2) is 108 Å². The van der Waals surface area contributed by atoms with E-state index in [1.54, 1.807) is 55.6 Å². The summed E-state index contributed by atoms with van der Waals surface area (Å²) in [5, 5.41) is 10.5. The number of benzene rings is 1. The van der Waals surface area contributed by atoms with Crippen molar-refractivity contribution >= 4 is 41.4 Å². The fourth-order valence-corrected chi connectivity index (χ4v) is 6.61. The largest absolute Gasteiger partial charge is 0.444 e. The number of carbonyl (C=O) groups excluding carboxylic acids is 7. The highest BCUT2D eigenvalue weighted by Gasteiger charge is 2.43. The van der Waals surface area contributed by atoms with Crippen molar-refractivity contribution in [3.63, 3.8) is 0 Å². The number of nitrogens with one attached hydrogen (secondary N) is 4. The first-order valence-electron chi connectivity index (χ1n) is 18.2. The molecule has 3 rings (SSSR count). The summed E-state index contributed by atoms with van der Waals surface area (Å²) in [6, 6.07) is 3.94. The molecular formula is C38H58N6O8. The first-order chi connectivity index (χ1) is 24.2. The number of nitrogens with zero attached hydrogens (tertiary/aromatic N) is 2. The van der Waals surface area contributed by atoms with Gasteiger partial charge in [0.05, 0.1) is 12.6 Å². The van der Waals surface area contributed by atoms with Crippen LogP contribution in [0.5, 0.6) is 0 Å². The number of amides is 6. The molecule has 0 bridgehead atoms. The SMILES string of the molecule is CCCCC(NC(=O)[C@@H]1CCCN1C(=O)C(NC(=O)OC(C)(C)C)C(C)(C)C)C(=O)C(=O)NCC(=O)NC(C(=O)N(C)C)C1Cc2ccccc2C1. The predicted molar refractivity (Wildman–Crippen MR) is 195 cm³/mol. The van der Waals surface area contributed by atoms with Crippen LogP contribution in [0, 0.1) is 11.3 Å². The average Bonchev–Trinajstić information content (AvgIpc) is 3.72. The van der Waals surface area contributed by atoms with E-state index < -0.39 is 77.2 Å². The molecule has 0 saturated carbocycles. The number of alkyl carbamates (subject to hydrolysis) is 1. The van der Waals surface area contributed by atoms with Crippen molar-refractivity contribution in [1.29, 1.82) is 0 Å². The molecule has 1 aliphatic carbocycles. The van der Waals surface area contributed by atoms with Gasteiger partial charge in [-0.25, -0.2) is 4.79 Å². The Kier molecular flexibility index (Phi) is 14.4. The summed E-state index contributed by atoms with van der Waals surface area (Å²) in [6.45, 7) is 12.2. The number of ether oxygens (including phenoxy) is 1. The van der Waals surface area contributed by atoms with Gasteiger partial charge in [-0.05, 0) is 75.3 Å². The summed E-state index contributed by atoms with van der Waals surface area (Å²) in [4.78, 5) is 95.6. The van der Waals surface area contributed by atoms with Crippen LogP contribution in [0.25, 0.3) is 0 Å². The van der Waals surface area contributed by atoms with Crippen LogP contribution in [0.1, 0.15) is 91.7 Å². The highest BCUT2D eigenvalue weighted by molar-refractivity contribution is 6.38. The summed E-state index contributed by atoms with van der Waals surface area (Å²) in [7, 11) is 3.22. The van der Waals surface area contributed by atoms with Gasteiger partial charge in [0.15, 0.2) is 0 Å². The van der Waals surface area contributed by atoms with Crippen LogP contribution in [0.3, 0.4) is 0 Å². The molecule has 0 radical (unpaired) electrons. The number of unbranched alkanes of at least 4 members (excludes halogenated alkanes) is 1. The Morgan fingerprint density at radius 1 is 0.923 bits per heavy atom. The van der Waals surface area contributed by atoms with E-state index in [4.69, 9.17) is 4.74 Å². The van der Waals surface area contributed by atoms with Crippen molar-refractivity contribution < 1.29 is 38.3 Å². The van der Waals surface area contributed by atoms with Crippen LogP contribution in [0.15, 0.2) is 24.3 Å². The van der Waals surface area contributed by atoms with Gasteiger partial charge in [-0.15, -0.1) is 0 Å². The average molecular weight is 727 g/mol. The molecule has 0 spiro atoms. The summed E-state index contributed by atoms with van der Waals surface area (Å²) in [6.07, 6.45) is 2.73. The fourth-order valence-electron chi connectivity index (χ4n) is 6.61. The Balaban J connectivity index is 1.65. The van der Waals surface area contributed by atoms with Crippen molar-refractivity contribution in [2.45, 2.75) is 123 Å². The summed E-state index contributed by atoms with van der Waals surface area (Å²) < 4.78 is 5.38. The molecule has 52 heavy (non-hydrogen) atoms. The third-order valence-corrected chi connectivity index (χ3v) is 9.30. The topological polar surface area (TPSA) is 183 Å². The smallest absolute Gasteiger partial charge is 0.408 e. The van der Waals surface area contributed by atoms with Gasteiger partial charge in [0.2, 0.25) is 29.4 Å². The monoisotopic (exact) mass is 726 g/mol. The predicted octanol–water partition coefficient (Wildman–Crippen LogP) is 2.27. The second-order valence-corrected chi connectivity index (χ2v) is 16.1. The van der Waals surface area contributed by atoms with Gasteiger partial charge in [-0.3, -0.25) is 28.8 Å². The molecule has 1 saturated heterocycles. The van der Waals surface area contributed by atoms with Gasteiger partial charge in [0, 0.05) is 20.6 Å². The molecule has 4 atom stereocenters. The van der Waals surface area contributed by atoms with Crippen molar-refractivity contribution in [2.24, 2.45) is 11.3 Å². The zero-order chi connectivity index (χ0) is 39.0.